The van der Waals surface area contributed by atoms with Crippen molar-refractivity contribution in [2.75, 3.05) is 48.8 Å². The maximum atomic E-state index is 14.4. The molecule has 1 aliphatic heterocycles. The number of rotatable bonds is 8. The van der Waals surface area contributed by atoms with Gasteiger partial charge >= 0.3 is 0 Å². The van der Waals surface area contributed by atoms with Crippen LogP contribution in [0.4, 0.5) is 33.2 Å². The van der Waals surface area contributed by atoms with Gasteiger partial charge in [-0.3, -0.25) is 4.79 Å². The predicted molar refractivity (Wildman–Crippen MR) is 135 cm³/mol. The van der Waals surface area contributed by atoms with Gasteiger partial charge in [-0.05, 0) is 49.5 Å². The minimum atomic E-state index is -0.496. The molecule has 0 atom stereocenters. The number of anilines is 5. The Kier molecular flexibility index (Phi) is 7.40. The van der Waals surface area contributed by atoms with Gasteiger partial charge in [-0.15, -0.1) is 0 Å². The van der Waals surface area contributed by atoms with Crippen LogP contribution < -0.4 is 15.5 Å². The van der Waals surface area contributed by atoms with Crippen LogP contribution in [0.15, 0.2) is 61.3 Å². The Balaban J connectivity index is 1.49. The minimum Gasteiger partial charge on any atom is -0.369 e. The lowest BCUT2D eigenvalue weighted by atomic mass is 10.1. The first-order valence-corrected chi connectivity index (χ1v) is 11.3. The Bertz CT molecular complexity index is 1180. The van der Waals surface area contributed by atoms with Gasteiger partial charge in [0.15, 0.2) is 11.6 Å². The molecule has 0 saturated carbocycles. The van der Waals surface area contributed by atoms with E-state index in [0.717, 1.165) is 31.9 Å². The molecule has 0 aliphatic carbocycles. The molecule has 0 bridgehead atoms. The fraction of sp³-hybridized carbons (Fsp3) is 0.240. The molecule has 2 N–H and O–H groups in total. The van der Waals surface area contributed by atoms with Crippen LogP contribution in [0.1, 0.15) is 5.56 Å². The van der Waals surface area contributed by atoms with Gasteiger partial charge < -0.3 is 20.4 Å². The Morgan fingerprint density at radius 2 is 1.88 bits per heavy atom. The number of aromatic nitrogens is 2. The molecule has 3 aromatic rings. The molecule has 0 radical (unpaired) electrons. The van der Waals surface area contributed by atoms with E-state index < -0.39 is 5.82 Å². The van der Waals surface area contributed by atoms with Gasteiger partial charge in [0, 0.05) is 55.2 Å². The number of nitrogens with zero attached hydrogens (tertiary/aromatic N) is 4. The summed E-state index contributed by atoms with van der Waals surface area (Å²) in [6, 6.07) is 12.6. The van der Waals surface area contributed by atoms with E-state index in [1.165, 1.54) is 24.0 Å². The summed E-state index contributed by atoms with van der Waals surface area (Å²) < 4.78 is 14.4. The zero-order chi connectivity index (χ0) is 24.1. The highest BCUT2D eigenvalue weighted by Crippen LogP contribution is 2.29. The number of allylic oxidation sites excluding steroid dienone is 1. The van der Waals surface area contributed by atoms with Gasteiger partial charge in [-0.2, -0.15) is 4.98 Å². The van der Waals surface area contributed by atoms with E-state index in [9.17, 15) is 9.18 Å². The zero-order valence-corrected chi connectivity index (χ0v) is 19.6. The predicted octanol–water partition coefficient (Wildman–Crippen LogP) is 4.81. The normalized spacial score (nSPS) is 14.0. The summed E-state index contributed by atoms with van der Waals surface area (Å²) in [6.45, 7) is 7.54. The van der Waals surface area contributed by atoms with E-state index in [-0.39, 0.29) is 22.8 Å². The zero-order valence-electron chi connectivity index (χ0n) is 18.9. The van der Waals surface area contributed by atoms with Crippen molar-refractivity contribution in [1.29, 1.82) is 0 Å². The van der Waals surface area contributed by atoms with Crippen molar-refractivity contribution in [3.8, 4) is 0 Å². The number of likely N-dealkylation sites (N-methyl/N-ethyl adjacent to an activating group) is 1. The molecule has 1 aromatic heterocycles. The second kappa shape index (κ2) is 10.6. The van der Waals surface area contributed by atoms with E-state index in [1.54, 1.807) is 12.1 Å². The number of carbonyl (C=O) groups excluding carboxylic acids is 1. The molecule has 34 heavy (non-hydrogen) atoms. The van der Waals surface area contributed by atoms with E-state index in [0.29, 0.717) is 17.5 Å². The minimum absolute atomic E-state index is 0.119. The van der Waals surface area contributed by atoms with E-state index in [2.05, 4.69) is 56.2 Å². The Morgan fingerprint density at radius 3 is 2.59 bits per heavy atom. The maximum Gasteiger partial charge on any atom is 0.229 e. The molecule has 176 valence electrons. The molecule has 7 nitrogen and oxygen atoms in total. The summed E-state index contributed by atoms with van der Waals surface area (Å²) in [5.41, 5.74) is 2.62. The van der Waals surface area contributed by atoms with Gasteiger partial charge in [0.2, 0.25) is 5.95 Å². The molecular weight excluding hydrogens is 455 g/mol. The summed E-state index contributed by atoms with van der Waals surface area (Å²) >= 11 is 6.29. The maximum absolute atomic E-state index is 14.4. The number of benzene rings is 2. The highest BCUT2D eigenvalue weighted by Gasteiger charge is 2.16. The third-order valence-electron chi connectivity index (χ3n) is 5.69. The lowest BCUT2D eigenvalue weighted by Crippen LogP contribution is -2.44. The first-order valence-electron chi connectivity index (χ1n) is 11.0. The first kappa shape index (κ1) is 23.7. The van der Waals surface area contributed by atoms with Crippen molar-refractivity contribution in [1.82, 2.24) is 14.9 Å². The van der Waals surface area contributed by atoms with Crippen LogP contribution >= 0.6 is 11.6 Å². The molecular formula is C25H26ClFN6O. The molecule has 0 spiro atoms. The highest BCUT2D eigenvalue weighted by atomic mass is 35.5. The van der Waals surface area contributed by atoms with Crippen molar-refractivity contribution in [3.05, 3.63) is 77.7 Å². The standard InChI is InChI=1S/C25H26ClFN6O/c1-3-19(34)15-20-22(27)5-4-6-23(20)30-24-21(26)16-28-25(31-24)29-17-7-9-18(10-8-17)33-13-11-32(2)12-14-33/h3-10,16H,1,11-15H2,2H3,(H2,28,29,30,31). The molecule has 0 amide bonds. The van der Waals surface area contributed by atoms with Gasteiger partial charge in [0.05, 0.1) is 6.20 Å². The smallest absolute Gasteiger partial charge is 0.229 e. The lowest BCUT2D eigenvalue weighted by molar-refractivity contribution is -0.114. The van der Waals surface area contributed by atoms with Crippen LogP contribution in [-0.2, 0) is 11.2 Å². The van der Waals surface area contributed by atoms with E-state index in [1.807, 2.05) is 12.1 Å². The van der Waals surface area contributed by atoms with Crippen LogP contribution in [-0.4, -0.2) is 53.9 Å². The number of hydrogen-bond acceptors (Lipinski definition) is 7. The number of nitrogens with one attached hydrogen (secondary N) is 2. The number of halogens is 2. The van der Waals surface area contributed by atoms with Crippen LogP contribution in [0.25, 0.3) is 0 Å². The molecule has 1 aliphatic rings. The van der Waals surface area contributed by atoms with Gasteiger partial charge in [-0.25, -0.2) is 9.37 Å². The average molecular weight is 481 g/mol. The second-order valence-corrected chi connectivity index (χ2v) is 8.50. The van der Waals surface area contributed by atoms with Crippen LogP contribution in [0.5, 0.6) is 0 Å². The van der Waals surface area contributed by atoms with Crippen molar-refractivity contribution in [2.24, 2.45) is 0 Å². The summed E-state index contributed by atoms with van der Waals surface area (Å²) in [6.07, 6.45) is 2.52. The summed E-state index contributed by atoms with van der Waals surface area (Å²) in [7, 11) is 2.13. The third kappa shape index (κ3) is 5.70. The SMILES string of the molecule is C=CC(=O)Cc1c(F)cccc1Nc1nc(Nc2ccc(N3CCN(C)CC3)cc2)ncc1Cl. The van der Waals surface area contributed by atoms with Crippen LogP contribution in [0.3, 0.4) is 0 Å². The van der Waals surface area contributed by atoms with E-state index in [4.69, 9.17) is 11.6 Å². The number of piperazine rings is 1. The Hall–Kier alpha value is -3.49. The number of carbonyl (C=O) groups is 1. The van der Waals surface area contributed by atoms with Gasteiger partial charge in [-0.1, -0.05) is 24.2 Å². The second-order valence-electron chi connectivity index (χ2n) is 8.09. The summed E-state index contributed by atoms with van der Waals surface area (Å²) in [4.78, 5) is 25.2. The van der Waals surface area contributed by atoms with Crippen LogP contribution in [0, 0.1) is 5.82 Å². The fourth-order valence-electron chi connectivity index (χ4n) is 3.69. The van der Waals surface area contributed by atoms with Gasteiger partial charge in [0.25, 0.3) is 0 Å². The largest absolute Gasteiger partial charge is 0.369 e. The highest BCUT2D eigenvalue weighted by molar-refractivity contribution is 6.32. The Labute approximate surface area is 203 Å². The lowest BCUT2D eigenvalue weighted by Gasteiger charge is -2.34. The fourth-order valence-corrected chi connectivity index (χ4v) is 3.83. The quantitative estimate of drug-likeness (QED) is 0.448. The number of ketones is 1. The third-order valence-corrected chi connectivity index (χ3v) is 5.96. The average Bonchev–Trinajstić information content (AvgIpc) is 2.84. The number of hydrogen-bond donors (Lipinski definition) is 2. The monoisotopic (exact) mass is 480 g/mol. The van der Waals surface area contributed by atoms with E-state index >= 15 is 0 Å². The molecule has 1 fully saturated rings. The van der Waals surface area contributed by atoms with Crippen molar-refractivity contribution in [2.45, 2.75) is 6.42 Å². The topological polar surface area (TPSA) is 73.4 Å². The van der Waals surface area contributed by atoms with Crippen molar-refractivity contribution >= 4 is 46.2 Å². The molecule has 1 saturated heterocycles. The summed E-state index contributed by atoms with van der Waals surface area (Å²) in [5.74, 6) is -0.154. The van der Waals surface area contributed by atoms with Crippen molar-refractivity contribution in [3.63, 3.8) is 0 Å². The van der Waals surface area contributed by atoms with Crippen molar-refractivity contribution < 1.29 is 9.18 Å². The Morgan fingerprint density at radius 1 is 1.15 bits per heavy atom. The van der Waals surface area contributed by atoms with Gasteiger partial charge in [0.1, 0.15) is 10.8 Å². The molecule has 0 unspecified atom stereocenters. The molecule has 9 heteroatoms. The molecule has 2 aromatic carbocycles. The molecule has 2 heterocycles. The van der Waals surface area contributed by atoms with Crippen LogP contribution in [0.2, 0.25) is 5.02 Å². The summed E-state index contributed by atoms with van der Waals surface area (Å²) in [5, 5.41) is 6.47. The molecule has 4 rings (SSSR count). The first-order chi connectivity index (χ1) is 16.4.